The monoisotopic (exact) mass is 647 g/mol. The smallest absolute Gasteiger partial charge is 0.250 e. The van der Waals surface area contributed by atoms with E-state index in [9.17, 15) is 14.4 Å². The molecule has 9 nitrogen and oxygen atoms in total. The number of aliphatic hydroxyl groups is 1. The summed E-state index contributed by atoms with van der Waals surface area (Å²) >= 11 is 9.72. The van der Waals surface area contributed by atoms with Gasteiger partial charge >= 0.3 is 0 Å². The number of ether oxygens (including phenoxy) is 2. The highest BCUT2D eigenvalue weighted by Crippen LogP contribution is 2.60. The number of hydrogen-bond acceptors (Lipinski definition) is 6. The molecular formula is C30H35BrClN3O6. The number of unbranched alkanes of at least 4 members (excludes halogenated alkanes) is 3. The molecule has 0 aliphatic carbocycles. The number of carbonyl (C=O) groups is 3. The number of hydrogen-bond donors (Lipinski definition) is 3. The van der Waals surface area contributed by atoms with Crippen LogP contribution in [-0.2, 0) is 19.1 Å². The van der Waals surface area contributed by atoms with Crippen molar-refractivity contribution < 1.29 is 29.0 Å². The van der Waals surface area contributed by atoms with Gasteiger partial charge in [0.25, 0.3) is 0 Å². The van der Waals surface area contributed by atoms with E-state index in [1.54, 1.807) is 53.4 Å². The van der Waals surface area contributed by atoms with E-state index in [1.807, 2.05) is 6.92 Å². The third-order valence-electron chi connectivity index (χ3n) is 8.19. The van der Waals surface area contributed by atoms with Gasteiger partial charge in [-0.2, -0.15) is 0 Å². The van der Waals surface area contributed by atoms with Crippen LogP contribution in [0.25, 0.3) is 0 Å². The Bertz CT molecular complexity index is 1260. The summed E-state index contributed by atoms with van der Waals surface area (Å²) in [6.07, 6.45) is 2.86. The van der Waals surface area contributed by atoms with Gasteiger partial charge in [0.05, 0.1) is 24.5 Å². The minimum atomic E-state index is -1.14. The van der Waals surface area contributed by atoms with E-state index in [4.69, 9.17) is 26.2 Å². The van der Waals surface area contributed by atoms with Crippen molar-refractivity contribution in [2.45, 2.75) is 61.6 Å². The Hall–Kier alpha value is -2.66. The first kappa shape index (κ1) is 29.8. The summed E-state index contributed by atoms with van der Waals surface area (Å²) in [6, 6.07) is 13.0. The predicted molar refractivity (Wildman–Crippen MR) is 159 cm³/mol. The molecule has 3 amide bonds. The van der Waals surface area contributed by atoms with Crippen LogP contribution in [0.15, 0.2) is 48.5 Å². The summed E-state index contributed by atoms with van der Waals surface area (Å²) in [5.74, 6) is -1.77. The van der Waals surface area contributed by atoms with Gasteiger partial charge in [0, 0.05) is 34.4 Å². The number of alkyl halides is 1. The fourth-order valence-corrected chi connectivity index (χ4v) is 7.56. The second-order valence-electron chi connectivity index (χ2n) is 10.8. The Morgan fingerprint density at radius 3 is 2.34 bits per heavy atom. The van der Waals surface area contributed by atoms with Crippen LogP contribution >= 0.6 is 27.5 Å². The molecule has 6 atom stereocenters. The van der Waals surface area contributed by atoms with Gasteiger partial charge < -0.3 is 30.1 Å². The Morgan fingerprint density at radius 1 is 1.05 bits per heavy atom. The zero-order valence-electron chi connectivity index (χ0n) is 22.9. The molecule has 0 saturated carbocycles. The number of halogens is 2. The molecule has 5 rings (SSSR count). The van der Waals surface area contributed by atoms with Crippen LogP contribution < -0.4 is 15.4 Å². The zero-order valence-corrected chi connectivity index (χ0v) is 25.2. The molecule has 3 saturated heterocycles. The van der Waals surface area contributed by atoms with Gasteiger partial charge in [0.15, 0.2) is 0 Å². The average Bonchev–Trinajstić information content (AvgIpc) is 3.54. The van der Waals surface area contributed by atoms with Gasteiger partial charge in [-0.15, -0.1) is 0 Å². The standard InChI is InChI=1S/C30H35BrClN3O6/c1-2-40-21-13-11-20(12-14-21)33-27(37)23-24-29(39)35(15-5-3-4-6-16-36)26(30(24)17-22(31)25(23)41-30)28(38)34-19-9-7-18(32)8-10-19/h7-14,22-26,36H,2-6,15-17H2,1H3,(H,33,37)(H,34,38)/t22?,23-,24-,25-,26?,30?/m0/s1. The van der Waals surface area contributed by atoms with Crippen molar-refractivity contribution in [1.82, 2.24) is 4.90 Å². The van der Waals surface area contributed by atoms with Crippen molar-refractivity contribution >= 4 is 56.6 Å². The second kappa shape index (κ2) is 12.7. The highest BCUT2D eigenvalue weighted by molar-refractivity contribution is 9.09. The van der Waals surface area contributed by atoms with Crippen LogP contribution in [0, 0.1) is 11.8 Å². The fourth-order valence-electron chi connectivity index (χ4n) is 6.49. The Kier molecular flexibility index (Phi) is 9.23. The Morgan fingerprint density at radius 2 is 1.68 bits per heavy atom. The summed E-state index contributed by atoms with van der Waals surface area (Å²) in [5.41, 5.74) is 0.00479. The van der Waals surface area contributed by atoms with E-state index in [-0.39, 0.29) is 29.2 Å². The third-order valence-corrected chi connectivity index (χ3v) is 9.29. The van der Waals surface area contributed by atoms with Crippen LogP contribution in [0.4, 0.5) is 11.4 Å². The molecule has 3 unspecified atom stereocenters. The molecule has 2 aromatic carbocycles. The number of aliphatic hydroxyl groups excluding tert-OH is 1. The van der Waals surface area contributed by atoms with Gasteiger partial charge in [-0.1, -0.05) is 40.4 Å². The van der Waals surface area contributed by atoms with Crippen molar-refractivity contribution in [3.8, 4) is 5.75 Å². The van der Waals surface area contributed by atoms with Crippen molar-refractivity contribution in [2.75, 3.05) is 30.4 Å². The maximum Gasteiger partial charge on any atom is 0.250 e. The molecule has 3 aliphatic rings. The molecule has 1 spiro atoms. The number of benzene rings is 2. The summed E-state index contributed by atoms with van der Waals surface area (Å²) in [6.45, 7) is 2.91. The third kappa shape index (κ3) is 5.84. The lowest BCUT2D eigenvalue weighted by molar-refractivity contribution is -0.139. The number of rotatable bonds is 12. The van der Waals surface area contributed by atoms with E-state index < -0.39 is 29.6 Å². The number of amides is 3. The molecule has 3 N–H and O–H groups in total. The summed E-state index contributed by atoms with van der Waals surface area (Å²) in [7, 11) is 0. The molecule has 0 radical (unpaired) electrons. The first-order valence-corrected chi connectivity index (χ1v) is 15.4. The molecule has 2 aromatic rings. The zero-order chi connectivity index (χ0) is 29.1. The topological polar surface area (TPSA) is 117 Å². The van der Waals surface area contributed by atoms with E-state index in [0.717, 1.165) is 12.8 Å². The normalized spacial score (nSPS) is 28.0. The molecule has 3 heterocycles. The first-order valence-electron chi connectivity index (χ1n) is 14.1. The van der Waals surface area contributed by atoms with E-state index in [0.29, 0.717) is 54.6 Å². The van der Waals surface area contributed by atoms with E-state index in [1.165, 1.54) is 0 Å². The lowest BCUT2D eigenvalue weighted by Crippen LogP contribution is -2.54. The maximum atomic E-state index is 14.1. The number of carbonyl (C=O) groups excluding carboxylic acids is 3. The Balaban J connectivity index is 1.41. The van der Waals surface area contributed by atoms with Gasteiger partial charge in [0.2, 0.25) is 17.7 Å². The van der Waals surface area contributed by atoms with Crippen LogP contribution in [-0.4, -0.2) is 70.1 Å². The second-order valence-corrected chi connectivity index (χ2v) is 12.4. The van der Waals surface area contributed by atoms with Gasteiger partial charge in [-0.3, -0.25) is 14.4 Å². The van der Waals surface area contributed by atoms with Crippen LogP contribution in [0.3, 0.4) is 0 Å². The summed E-state index contributed by atoms with van der Waals surface area (Å²) < 4.78 is 12.0. The lowest BCUT2D eigenvalue weighted by atomic mass is 9.70. The largest absolute Gasteiger partial charge is 0.494 e. The number of anilines is 2. The molecular weight excluding hydrogens is 614 g/mol. The van der Waals surface area contributed by atoms with Gasteiger partial charge in [-0.25, -0.2) is 0 Å². The van der Waals surface area contributed by atoms with E-state index >= 15 is 0 Å². The molecule has 3 aliphatic heterocycles. The van der Waals surface area contributed by atoms with Gasteiger partial charge in [-0.05, 0) is 74.7 Å². The molecule has 220 valence electrons. The minimum absolute atomic E-state index is 0.118. The minimum Gasteiger partial charge on any atom is -0.494 e. The summed E-state index contributed by atoms with van der Waals surface area (Å²) in [5, 5.41) is 15.6. The number of nitrogens with zero attached hydrogens (tertiary/aromatic N) is 1. The fraction of sp³-hybridized carbons (Fsp3) is 0.500. The average molecular weight is 649 g/mol. The number of likely N-dealkylation sites (tertiary alicyclic amines) is 1. The molecule has 11 heteroatoms. The quantitative estimate of drug-likeness (QED) is 0.229. The molecule has 3 fully saturated rings. The van der Waals surface area contributed by atoms with Gasteiger partial charge in [0.1, 0.15) is 17.4 Å². The predicted octanol–water partition coefficient (Wildman–Crippen LogP) is 4.62. The SMILES string of the molecule is CCOc1ccc(NC(=O)[C@H]2[C@H]3C(=O)N(CCCCCCO)C(C(=O)Nc4ccc(Cl)cc4)C34CC(Br)[C@@H]2O4)cc1. The van der Waals surface area contributed by atoms with Crippen LogP contribution in [0.1, 0.15) is 39.0 Å². The summed E-state index contributed by atoms with van der Waals surface area (Å²) in [4.78, 5) is 43.1. The van der Waals surface area contributed by atoms with Crippen molar-refractivity contribution in [3.63, 3.8) is 0 Å². The number of nitrogens with one attached hydrogen (secondary N) is 2. The highest BCUT2D eigenvalue weighted by atomic mass is 79.9. The lowest BCUT2D eigenvalue weighted by Gasteiger charge is -2.34. The highest BCUT2D eigenvalue weighted by Gasteiger charge is 2.76. The molecule has 41 heavy (non-hydrogen) atoms. The molecule has 2 bridgehead atoms. The van der Waals surface area contributed by atoms with E-state index in [2.05, 4.69) is 26.6 Å². The van der Waals surface area contributed by atoms with Crippen LogP contribution in [0.5, 0.6) is 5.75 Å². The van der Waals surface area contributed by atoms with Crippen molar-refractivity contribution in [3.05, 3.63) is 53.6 Å². The van der Waals surface area contributed by atoms with Crippen molar-refractivity contribution in [2.24, 2.45) is 11.8 Å². The van der Waals surface area contributed by atoms with Crippen LogP contribution in [0.2, 0.25) is 5.02 Å². The maximum absolute atomic E-state index is 14.1. The Labute approximate surface area is 253 Å². The number of fused-ring (bicyclic) bond motifs is 1. The molecule has 0 aromatic heterocycles. The van der Waals surface area contributed by atoms with Crippen molar-refractivity contribution in [1.29, 1.82) is 0 Å². The first-order chi connectivity index (χ1) is 19.8.